The lowest BCUT2D eigenvalue weighted by Crippen LogP contribution is -2.44. The molecule has 0 aromatic heterocycles. The third-order valence-electron chi connectivity index (χ3n) is 5.12. The summed E-state index contributed by atoms with van der Waals surface area (Å²) in [5.41, 5.74) is 0. The summed E-state index contributed by atoms with van der Waals surface area (Å²) < 4.78 is 0. The van der Waals surface area contributed by atoms with E-state index in [9.17, 15) is 9.59 Å². The molecule has 3 unspecified atom stereocenters. The Balaban J connectivity index is 1.40. The van der Waals surface area contributed by atoms with Gasteiger partial charge >= 0.3 is 0 Å². The van der Waals surface area contributed by atoms with Gasteiger partial charge in [0.05, 0.1) is 0 Å². The number of carbonyl (C=O) groups excluding carboxylic acids is 2. The molecule has 0 aliphatic carbocycles. The standard InChI is InChI=1S/C16H27N3O2/c1-11(10-19-6-2-3-16(19)21)17-15(20)9-12-7-13-4-5-14(8-12)18-13/h11-14,18H,2-10H2,1H3,(H,17,20). The molecule has 3 heterocycles. The van der Waals surface area contributed by atoms with Gasteiger partial charge in [-0.05, 0) is 44.9 Å². The maximum Gasteiger partial charge on any atom is 0.222 e. The Bertz CT molecular complexity index is 400. The number of nitrogens with one attached hydrogen (secondary N) is 2. The van der Waals surface area contributed by atoms with Crippen molar-refractivity contribution in [2.24, 2.45) is 5.92 Å². The molecule has 3 aliphatic rings. The van der Waals surface area contributed by atoms with Gasteiger partial charge in [0.2, 0.25) is 11.8 Å². The molecule has 3 fully saturated rings. The van der Waals surface area contributed by atoms with Crippen molar-refractivity contribution in [3.05, 3.63) is 0 Å². The fourth-order valence-electron chi connectivity index (χ4n) is 4.21. The van der Waals surface area contributed by atoms with Gasteiger partial charge in [0.15, 0.2) is 0 Å². The van der Waals surface area contributed by atoms with Gasteiger partial charge in [-0.25, -0.2) is 0 Å². The lowest BCUT2D eigenvalue weighted by molar-refractivity contribution is -0.129. The average molecular weight is 293 g/mol. The molecule has 3 saturated heterocycles. The second-order valence-electron chi connectivity index (χ2n) is 7.09. The summed E-state index contributed by atoms with van der Waals surface area (Å²) in [7, 11) is 0. The van der Waals surface area contributed by atoms with E-state index in [1.807, 2.05) is 11.8 Å². The van der Waals surface area contributed by atoms with E-state index in [-0.39, 0.29) is 17.9 Å². The molecule has 118 valence electrons. The highest BCUT2D eigenvalue weighted by molar-refractivity contribution is 5.78. The van der Waals surface area contributed by atoms with E-state index in [1.165, 1.54) is 12.8 Å². The van der Waals surface area contributed by atoms with Crippen molar-refractivity contribution in [2.45, 2.75) is 70.0 Å². The number of carbonyl (C=O) groups is 2. The van der Waals surface area contributed by atoms with E-state index < -0.39 is 0 Å². The normalized spacial score (nSPS) is 33.3. The molecule has 3 rings (SSSR count). The largest absolute Gasteiger partial charge is 0.352 e. The number of piperidine rings is 1. The zero-order chi connectivity index (χ0) is 14.8. The Morgan fingerprint density at radius 2 is 2.10 bits per heavy atom. The van der Waals surface area contributed by atoms with Crippen LogP contribution in [0.15, 0.2) is 0 Å². The first kappa shape index (κ1) is 14.8. The molecular weight excluding hydrogens is 266 g/mol. The number of likely N-dealkylation sites (tertiary alicyclic amines) is 1. The second-order valence-corrected chi connectivity index (χ2v) is 7.09. The smallest absolute Gasteiger partial charge is 0.222 e. The predicted molar refractivity (Wildman–Crippen MR) is 80.7 cm³/mol. The molecule has 0 spiro atoms. The zero-order valence-electron chi connectivity index (χ0n) is 12.9. The van der Waals surface area contributed by atoms with Crippen molar-refractivity contribution < 1.29 is 9.59 Å². The molecule has 5 nitrogen and oxygen atoms in total. The number of amides is 2. The molecule has 3 aliphatic heterocycles. The van der Waals surface area contributed by atoms with Crippen molar-refractivity contribution in [1.29, 1.82) is 0 Å². The molecule has 0 radical (unpaired) electrons. The summed E-state index contributed by atoms with van der Waals surface area (Å²) in [6, 6.07) is 1.33. The predicted octanol–water partition coefficient (Wildman–Crippen LogP) is 1.03. The Hall–Kier alpha value is -1.10. The SMILES string of the molecule is CC(CN1CCCC1=O)NC(=O)CC1CC2CCC(C1)N2. The Kier molecular flexibility index (Phi) is 4.48. The van der Waals surface area contributed by atoms with Crippen LogP contribution < -0.4 is 10.6 Å². The lowest BCUT2D eigenvalue weighted by atomic mass is 9.89. The minimum atomic E-state index is 0.0537. The molecule has 2 bridgehead atoms. The van der Waals surface area contributed by atoms with E-state index >= 15 is 0 Å². The molecule has 3 atom stereocenters. The highest BCUT2D eigenvalue weighted by Gasteiger charge is 2.34. The molecule has 0 saturated carbocycles. The third-order valence-corrected chi connectivity index (χ3v) is 5.12. The molecule has 0 aromatic carbocycles. The van der Waals surface area contributed by atoms with Gasteiger partial charge in [0.1, 0.15) is 0 Å². The van der Waals surface area contributed by atoms with Crippen LogP contribution in [0.5, 0.6) is 0 Å². The van der Waals surface area contributed by atoms with Crippen LogP contribution >= 0.6 is 0 Å². The fraction of sp³-hybridized carbons (Fsp3) is 0.875. The van der Waals surface area contributed by atoms with Crippen LogP contribution in [0.25, 0.3) is 0 Å². The molecule has 21 heavy (non-hydrogen) atoms. The summed E-state index contributed by atoms with van der Waals surface area (Å²) in [6.45, 7) is 3.49. The lowest BCUT2D eigenvalue weighted by Gasteiger charge is -2.29. The number of nitrogens with zero attached hydrogens (tertiary/aromatic N) is 1. The summed E-state index contributed by atoms with van der Waals surface area (Å²) in [4.78, 5) is 25.6. The van der Waals surface area contributed by atoms with Crippen LogP contribution in [0.3, 0.4) is 0 Å². The van der Waals surface area contributed by atoms with Crippen molar-refractivity contribution in [3.8, 4) is 0 Å². The first-order valence-corrected chi connectivity index (χ1v) is 8.43. The monoisotopic (exact) mass is 293 g/mol. The van der Waals surface area contributed by atoms with Gasteiger partial charge in [-0.3, -0.25) is 9.59 Å². The highest BCUT2D eigenvalue weighted by atomic mass is 16.2. The van der Waals surface area contributed by atoms with Crippen molar-refractivity contribution in [2.75, 3.05) is 13.1 Å². The summed E-state index contributed by atoms with van der Waals surface area (Å²) in [6.07, 6.45) is 7.10. The van der Waals surface area contributed by atoms with Crippen molar-refractivity contribution >= 4 is 11.8 Å². The fourth-order valence-corrected chi connectivity index (χ4v) is 4.21. The maximum absolute atomic E-state index is 12.2. The molecule has 5 heteroatoms. The quantitative estimate of drug-likeness (QED) is 0.796. The topological polar surface area (TPSA) is 61.4 Å². The van der Waals surface area contributed by atoms with Gasteiger partial charge in [-0.1, -0.05) is 0 Å². The van der Waals surface area contributed by atoms with E-state index in [0.717, 1.165) is 25.8 Å². The molecule has 2 amide bonds. The zero-order valence-corrected chi connectivity index (χ0v) is 12.9. The van der Waals surface area contributed by atoms with Gasteiger partial charge in [-0.2, -0.15) is 0 Å². The van der Waals surface area contributed by atoms with Crippen LogP contribution in [0, 0.1) is 5.92 Å². The van der Waals surface area contributed by atoms with E-state index in [2.05, 4.69) is 10.6 Å². The summed E-state index contributed by atoms with van der Waals surface area (Å²) in [5, 5.41) is 6.68. The molecule has 0 aromatic rings. The van der Waals surface area contributed by atoms with E-state index in [0.29, 0.717) is 37.4 Å². The molecular formula is C16H27N3O2. The second kappa shape index (κ2) is 6.34. The van der Waals surface area contributed by atoms with Crippen LogP contribution in [0.4, 0.5) is 0 Å². The minimum absolute atomic E-state index is 0.0537. The van der Waals surface area contributed by atoms with E-state index in [1.54, 1.807) is 0 Å². The summed E-state index contributed by atoms with van der Waals surface area (Å²) in [5.74, 6) is 0.913. The first-order valence-electron chi connectivity index (χ1n) is 8.43. The summed E-state index contributed by atoms with van der Waals surface area (Å²) >= 11 is 0. The highest BCUT2D eigenvalue weighted by Crippen LogP contribution is 2.32. The number of rotatable bonds is 5. The Morgan fingerprint density at radius 1 is 1.38 bits per heavy atom. The molecule has 2 N–H and O–H groups in total. The van der Waals surface area contributed by atoms with Crippen LogP contribution in [0.1, 0.15) is 51.9 Å². The van der Waals surface area contributed by atoms with Gasteiger partial charge in [0, 0.05) is 44.1 Å². The van der Waals surface area contributed by atoms with Gasteiger partial charge in [0.25, 0.3) is 0 Å². The van der Waals surface area contributed by atoms with Crippen molar-refractivity contribution in [3.63, 3.8) is 0 Å². The average Bonchev–Trinajstić information content (AvgIpc) is 2.96. The van der Waals surface area contributed by atoms with Gasteiger partial charge < -0.3 is 15.5 Å². The number of fused-ring (bicyclic) bond motifs is 2. The van der Waals surface area contributed by atoms with Gasteiger partial charge in [-0.15, -0.1) is 0 Å². The van der Waals surface area contributed by atoms with E-state index in [4.69, 9.17) is 0 Å². The Morgan fingerprint density at radius 3 is 2.71 bits per heavy atom. The minimum Gasteiger partial charge on any atom is -0.352 e. The number of hydrogen-bond donors (Lipinski definition) is 2. The first-order chi connectivity index (χ1) is 10.1. The number of hydrogen-bond acceptors (Lipinski definition) is 3. The Labute approximate surface area is 126 Å². The van der Waals surface area contributed by atoms with Crippen LogP contribution in [-0.2, 0) is 9.59 Å². The van der Waals surface area contributed by atoms with Crippen molar-refractivity contribution in [1.82, 2.24) is 15.5 Å². The maximum atomic E-state index is 12.2. The third kappa shape index (κ3) is 3.76. The van der Waals surface area contributed by atoms with Crippen LogP contribution in [-0.4, -0.2) is 47.9 Å². The van der Waals surface area contributed by atoms with Crippen LogP contribution in [0.2, 0.25) is 0 Å².